The first-order valence-corrected chi connectivity index (χ1v) is 7.39. The van der Waals surface area contributed by atoms with Gasteiger partial charge in [-0.15, -0.1) is 0 Å². The van der Waals surface area contributed by atoms with Crippen molar-refractivity contribution in [2.24, 2.45) is 0 Å². The Labute approximate surface area is 140 Å². The van der Waals surface area contributed by atoms with Crippen molar-refractivity contribution in [3.8, 4) is 11.8 Å². The molecule has 0 bridgehead atoms. The molecule has 2 aromatic carbocycles. The zero-order valence-corrected chi connectivity index (χ0v) is 13.8. The minimum absolute atomic E-state index is 0.154. The molecule has 0 spiro atoms. The zero-order valence-electron chi connectivity index (χ0n) is 13.8. The third kappa shape index (κ3) is 3.99. The van der Waals surface area contributed by atoms with Gasteiger partial charge < -0.3 is 10.1 Å². The Hall–Kier alpha value is -3.13. The normalized spacial score (nSPS) is 10.6. The van der Waals surface area contributed by atoms with E-state index in [-0.39, 0.29) is 11.7 Å². The lowest BCUT2D eigenvalue weighted by Crippen LogP contribution is -2.42. The van der Waals surface area contributed by atoms with Crippen molar-refractivity contribution in [2.75, 3.05) is 7.11 Å². The van der Waals surface area contributed by atoms with Crippen molar-refractivity contribution in [2.45, 2.75) is 19.4 Å². The van der Waals surface area contributed by atoms with Crippen molar-refractivity contribution in [3.05, 3.63) is 65.2 Å². The Bertz CT molecular complexity index is 802. The second kappa shape index (κ2) is 6.97. The number of methoxy groups -OCH3 is 1. The predicted octanol–water partition coefficient (Wildman–Crippen LogP) is 2.96. The van der Waals surface area contributed by atoms with Gasteiger partial charge in [-0.25, -0.2) is 0 Å². The van der Waals surface area contributed by atoms with Crippen LogP contribution in [0, 0.1) is 11.3 Å². The molecular formula is C19H18N2O3. The summed E-state index contributed by atoms with van der Waals surface area (Å²) in [5, 5.41) is 11.6. The average molecular weight is 322 g/mol. The van der Waals surface area contributed by atoms with E-state index in [1.165, 1.54) is 0 Å². The Kier molecular flexibility index (Phi) is 5.00. The number of hydrogen-bond donors (Lipinski definition) is 1. The number of nitriles is 1. The number of ketones is 1. The molecule has 1 N–H and O–H groups in total. The predicted molar refractivity (Wildman–Crippen MR) is 90.0 cm³/mol. The maximum atomic E-state index is 12.5. The Balaban J connectivity index is 2.18. The SMILES string of the molecule is COc1cccc(C(=O)c2ccc(C(=O)NC(C)(C)C#N)cc2)c1. The monoisotopic (exact) mass is 322 g/mol. The molecule has 5 heteroatoms. The number of nitrogens with one attached hydrogen (secondary N) is 1. The van der Waals surface area contributed by atoms with Gasteiger partial charge in [0.25, 0.3) is 5.91 Å². The highest BCUT2D eigenvalue weighted by atomic mass is 16.5. The molecule has 0 aliphatic rings. The van der Waals surface area contributed by atoms with E-state index in [1.54, 1.807) is 69.5 Å². The molecule has 0 saturated carbocycles. The van der Waals surface area contributed by atoms with Crippen LogP contribution >= 0.6 is 0 Å². The van der Waals surface area contributed by atoms with Crippen molar-refractivity contribution in [1.82, 2.24) is 5.32 Å². The number of rotatable bonds is 5. The molecule has 0 heterocycles. The smallest absolute Gasteiger partial charge is 0.252 e. The molecule has 2 aromatic rings. The number of carbonyl (C=O) groups excluding carboxylic acids is 2. The van der Waals surface area contributed by atoms with Gasteiger partial charge in [0.15, 0.2) is 5.78 Å². The molecule has 122 valence electrons. The van der Waals surface area contributed by atoms with Crippen LogP contribution in [0.5, 0.6) is 5.75 Å². The standard InChI is InChI=1S/C19H18N2O3/c1-19(2,12-20)21-18(23)14-9-7-13(8-10-14)17(22)15-5-4-6-16(11-15)24-3/h4-11H,1-3H3,(H,21,23). The summed E-state index contributed by atoms with van der Waals surface area (Å²) in [6, 6.07) is 15.2. The van der Waals surface area contributed by atoms with Crippen LogP contribution in [0.2, 0.25) is 0 Å². The second-order valence-corrected chi connectivity index (χ2v) is 5.83. The van der Waals surface area contributed by atoms with Crippen molar-refractivity contribution >= 4 is 11.7 Å². The lowest BCUT2D eigenvalue weighted by atomic mass is 10.0. The van der Waals surface area contributed by atoms with E-state index in [1.807, 2.05) is 6.07 Å². The first kappa shape index (κ1) is 17.2. The van der Waals surface area contributed by atoms with Crippen LogP contribution in [0.1, 0.15) is 40.1 Å². The fourth-order valence-electron chi connectivity index (χ4n) is 2.09. The van der Waals surface area contributed by atoms with Crippen LogP contribution in [0.25, 0.3) is 0 Å². The van der Waals surface area contributed by atoms with Gasteiger partial charge in [0.05, 0.1) is 13.2 Å². The van der Waals surface area contributed by atoms with Crippen LogP contribution in [0.4, 0.5) is 0 Å². The van der Waals surface area contributed by atoms with Crippen molar-refractivity contribution in [3.63, 3.8) is 0 Å². The third-order valence-corrected chi connectivity index (χ3v) is 3.45. The highest BCUT2D eigenvalue weighted by molar-refractivity contribution is 6.09. The first-order chi connectivity index (χ1) is 11.4. The van der Waals surface area contributed by atoms with Crippen LogP contribution in [-0.4, -0.2) is 24.3 Å². The summed E-state index contributed by atoms with van der Waals surface area (Å²) < 4.78 is 5.12. The highest BCUT2D eigenvalue weighted by Crippen LogP contribution is 2.17. The number of benzene rings is 2. The van der Waals surface area contributed by atoms with Gasteiger partial charge in [-0.3, -0.25) is 9.59 Å². The lowest BCUT2D eigenvalue weighted by molar-refractivity contribution is 0.0928. The van der Waals surface area contributed by atoms with Gasteiger partial charge in [-0.1, -0.05) is 24.3 Å². The van der Waals surface area contributed by atoms with E-state index in [0.29, 0.717) is 22.4 Å². The fourth-order valence-corrected chi connectivity index (χ4v) is 2.09. The molecule has 0 aromatic heterocycles. The summed E-state index contributed by atoms with van der Waals surface area (Å²) in [5.74, 6) is 0.0933. The number of hydrogen-bond acceptors (Lipinski definition) is 4. The molecule has 2 rings (SSSR count). The molecule has 0 fully saturated rings. The van der Waals surface area contributed by atoms with E-state index < -0.39 is 5.54 Å². The Morgan fingerprint density at radius 2 is 1.67 bits per heavy atom. The number of carbonyl (C=O) groups is 2. The maximum absolute atomic E-state index is 12.5. The summed E-state index contributed by atoms with van der Waals surface area (Å²) in [6.45, 7) is 3.23. The van der Waals surface area contributed by atoms with Crippen LogP contribution in [0.3, 0.4) is 0 Å². The van der Waals surface area contributed by atoms with Gasteiger partial charge in [-0.05, 0) is 38.1 Å². The third-order valence-electron chi connectivity index (χ3n) is 3.45. The molecule has 0 radical (unpaired) electrons. The summed E-state index contributed by atoms with van der Waals surface area (Å²) in [6.07, 6.45) is 0. The largest absolute Gasteiger partial charge is 0.497 e. The maximum Gasteiger partial charge on any atom is 0.252 e. The molecule has 0 saturated heterocycles. The van der Waals surface area contributed by atoms with Gasteiger partial charge in [-0.2, -0.15) is 5.26 Å². The molecule has 0 atom stereocenters. The molecular weight excluding hydrogens is 304 g/mol. The van der Waals surface area contributed by atoms with Crippen LogP contribution in [-0.2, 0) is 0 Å². The molecule has 0 aliphatic heterocycles. The van der Waals surface area contributed by atoms with Gasteiger partial charge in [0.1, 0.15) is 11.3 Å². The molecule has 0 aliphatic carbocycles. The summed E-state index contributed by atoms with van der Waals surface area (Å²) in [5.41, 5.74) is 0.420. The molecule has 24 heavy (non-hydrogen) atoms. The summed E-state index contributed by atoms with van der Waals surface area (Å²) >= 11 is 0. The average Bonchev–Trinajstić information content (AvgIpc) is 2.61. The minimum atomic E-state index is -0.952. The lowest BCUT2D eigenvalue weighted by Gasteiger charge is -2.17. The summed E-state index contributed by atoms with van der Waals surface area (Å²) in [7, 11) is 1.54. The topological polar surface area (TPSA) is 79.2 Å². The molecule has 1 amide bonds. The van der Waals surface area contributed by atoms with Crippen LogP contribution in [0.15, 0.2) is 48.5 Å². The molecule has 5 nitrogen and oxygen atoms in total. The van der Waals surface area contributed by atoms with E-state index >= 15 is 0 Å². The van der Waals surface area contributed by atoms with E-state index in [0.717, 1.165) is 0 Å². The molecule has 0 unspecified atom stereocenters. The highest BCUT2D eigenvalue weighted by Gasteiger charge is 2.20. The van der Waals surface area contributed by atoms with Crippen molar-refractivity contribution < 1.29 is 14.3 Å². The van der Waals surface area contributed by atoms with E-state index in [9.17, 15) is 9.59 Å². The van der Waals surface area contributed by atoms with Gasteiger partial charge >= 0.3 is 0 Å². The zero-order chi connectivity index (χ0) is 17.7. The Morgan fingerprint density at radius 1 is 1.04 bits per heavy atom. The fraction of sp³-hybridized carbons (Fsp3) is 0.211. The number of ether oxygens (including phenoxy) is 1. The minimum Gasteiger partial charge on any atom is -0.497 e. The van der Waals surface area contributed by atoms with Gasteiger partial charge in [0.2, 0.25) is 0 Å². The summed E-state index contributed by atoms with van der Waals surface area (Å²) in [4.78, 5) is 24.6. The first-order valence-electron chi connectivity index (χ1n) is 7.39. The number of nitrogens with zero attached hydrogens (tertiary/aromatic N) is 1. The second-order valence-electron chi connectivity index (χ2n) is 5.83. The quantitative estimate of drug-likeness (QED) is 0.858. The van der Waals surface area contributed by atoms with Crippen molar-refractivity contribution in [1.29, 1.82) is 5.26 Å². The van der Waals surface area contributed by atoms with Gasteiger partial charge in [0, 0.05) is 16.7 Å². The Morgan fingerprint density at radius 3 is 2.25 bits per heavy atom. The number of amides is 1. The van der Waals surface area contributed by atoms with E-state index in [2.05, 4.69) is 5.32 Å². The van der Waals surface area contributed by atoms with Crippen LogP contribution < -0.4 is 10.1 Å². The van der Waals surface area contributed by atoms with E-state index in [4.69, 9.17) is 10.00 Å².